The van der Waals surface area contributed by atoms with Crippen LogP contribution in [0.1, 0.15) is 11.1 Å². The van der Waals surface area contributed by atoms with Crippen LogP contribution in [-0.2, 0) is 11.0 Å². The molecule has 2 rings (SSSR count). The van der Waals surface area contributed by atoms with E-state index in [1.165, 1.54) is 13.2 Å². The van der Waals surface area contributed by atoms with Crippen molar-refractivity contribution in [2.45, 2.75) is 6.18 Å². The molecule has 1 N–H and O–H groups in total. The van der Waals surface area contributed by atoms with Crippen LogP contribution in [0.4, 0.5) is 18.9 Å². The minimum absolute atomic E-state index is 0.104. The van der Waals surface area contributed by atoms with Crippen molar-refractivity contribution < 1.29 is 22.7 Å². The van der Waals surface area contributed by atoms with Crippen molar-refractivity contribution in [3.63, 3.8) is 0 Å². The van der Waals surface area contributed by atoms with Gasteiger partial charge in [0.25, 0.3) is 0 Å². The van der Waals surface area contributed by atoms with Crippen molar-refractivity contribution in [3.8, 4) is 5.75 Å². The fraction of sp³-hybridized carbons (Fsp3) is 0.118. The highest BCUT2D eigenvalue weighted by Crippen LogP contribution is 2.32. The molecule has 0 unspecified atom stereocenters. The summed E-state index contributed by atoms with van der Waals surface area (Å²) < 4.78 is 43.1. The Bertz CT molecular complexity index is 773. The zero-order valence-electron chi connectivity index (χ0n) is 12.5. The lowest BCUT2D eigenvalue weighted by molar-refractivity contribution is -0.137. The van der Waals surface area contributed by atoms with Crippen molar-refractivity contribution in [2.75, 3.05) is 12.4 Å². The van der Waals surface area contributed by atoms with Crippen molar-refractivity contribution in [1.29, 1.82) is 0 Å². The van der Waals surface area contributed by atoms with Gasteiger partial charge >= 0.3 is 6.18 Å². The van der Waals surface area contributed by atoms with Crippen LogP contribution in [0, 0.1) is 0 Å². The number of carbonyl (C=O) groups is 1. The van der Waals surface area contributed by atoms with Crippen molar-refractivity contribution in [2.24, 2.45) is 0 Å². The summed E-state index contributed by atoms with van der Waals surface area (Å²) in [6.45, 7) is 0. The van der Waals surface area contributed by atoms with Gasteiger partial charge in [0.1, 0.15) is 5.75 Å². The molecule has 0 heterocycles. The number of ether oxygens (including phenoxy) is 1. The Labute approximate surface area is 141 Å². The Balaban J connectivity index is 2.13. The second-order valence-corrected chi connectivity index (χ2v) is 5.20. The molecule has 0 fully saturated rings. The van der Waals surface area contributed by atoms with E-state index >= 15 is 0 Å². The number of benzene rings is 2. The molecule has 0 saturated carbocycles. The van der Waals surface area contributed by atoms with Gasteiger partial charge in [0, 0.05) is 22.9 Å². The zero-order chi connectivity index (χ0) is 17.7. The van der Waals surface area contributed by atoms with E-state index in [4.69, 9.17) is 16.3 Å². The smallest absolute Gasteiger partial charge is 0.416 e. The fourth-order valence-corrected chi connectivity index (χ4v) is 2.08. The molecule has 126 valence electrons. The van der Waals surface area contributed by atoms with Crippen molar-refractivity contribution >= 4 is 29.3 Å². The number of alkyl halides is 3. The average molecular weight is 356 g/mol. The minimum atomic E-state index is -4.48. The van der Waals surface area contributed by atoms with Gasteiger partial charge in [-0.1, -0.05) is 17.7 Å². The van der Waals surface area contributed by atoms with Crippen LogP contribution in [0.5, 0.6) is 5.75 Å². The van der Waals surface area contributed by atoms with Crippen molar-refractivity contribution in [1.82, 2.24) is 0 Å². The summed E-state index contributed by atoms with van der Waals surface area (Å²) in [4.78, 5) is 11.9. The maximum absolute atomic E-state index is 12.7. The van der Waals surface area contributed by atoms with Gasteiger partial charge in [-0.05, 0) is 42.0 Å². The van der Waals surface area contributed by atoms with Crippen LogP contribution in [0.3, 0.4) is 0 Å². The monoisotopic (exact) mass is 355 g/mol. The van der Waals surface area contributed by atoms with Gasteiger partial charge in [0.05, 0.1) is 12.7 Å². The SMILES string of the molecule is COc1cccc(NC(=O)/C=C/c2cc(C(F)(F)F)ccc2Cl)c1. The Kier molecular flexibility index (Phi) is 5.51. The Morgan fingerprint density at radius 3 is 2.62 bits per heavy atom. The number of methoxy groups -OCH3 is 1. The van der Waals surface area contributed by atoms with E-state index < -0.39 is 17.6 Å². The van der Waals surface area contributed by atoms with Crippen LogP contribution < -0.4 is 10.1 Å². The molecule has 0 atom stereocenters. The molecule has 0 radical (unpaired) electrons. The minimum Gasteiger partial charge on any atom is -0.497 e. The summed E-state index contributed by atoms with van der Waals surface area (Å²) in [6.07, 6.45) is -2.13. The molecule has 3 nitrogen and oxygen atoms in total. The fourth-order valence-electron chi connectivity index (χ4n) is 1.90. The number of carbonyl (C=O) groups excluding carboxylic acids is 1. The molecule has 0 aliphatic rings. The number of nitrogens with one attached hydrogen (secondary N) is 1. The van der Waals surface area contributed by atoms with E-state index in [-0.39, 0.29) is 10.6 Å². The molecule has 0 saturated heterocycles. The van der Waals surface area contributed by atoms with Crippen LogP contribution in [-0.4, -0.2) is 13.0 Å². The number of rotatable bonds is 4. The summed E-state index contributed by atoms with van der Waals surface area (Å²) in [5.41, 5.74) is -0.230. The molecule has 2 aromatic carbocycles. The van der Waals surface area contributed by atoms with Crippen LogP contribution in [0.2, 0.25) is 5.02 Å². The van der Waals surface area contributed by atoms with E-state index in [0.717, 1.165) is 24.3 Å². The third-order valence-corrected chi connectivity index (χ3v) is 3.42. The van der Waals surface area contributed by atoms with E-state index in [1.54, 1.807) is 24.3 Å². The lowest BCUT2D eigenvalue weighted by Crippen LogP contribution is -2.08. The first-order chi connectivity index (χ1) is 11.3. The number of hydrogen-bond donors (Lipinski definition) is 1. The van der Waals surface area contributed by atoms with E-state index in [1.807, 2.05) is 0 Å². The molecular formula is C17H13ClF3NO2. The molecule has 7 heteroatoms. The lowest BCUT2D eigenvalue weighted by Gasteiger charge is -2.08. The quantitative estimate of drug-likeness (QED) is 0.782. The Hall–Kier alpha value is -2.47. The summed E-state index contributed by atoms with van der Waals surface area (Å²) in [5.74, 6) is 0.0643. The summed E-state index contributed by atoms with van der Waals surface area (Å²) in [7, 11) is 1.50. The van der Waals surface area contributed by atoms with Gasteiger partial charge in [0.15, 0.2) is 0 Å². The normalized spacial score (nSPS) is 11.5. The van der Waals surface area contributed by atoms with Gasteiger partial charge in [0.2, 0.25) is 5.91 Å². The van der Waals surface area contributed by atoms with Gasteiger partial charge in [-0.25, -0.2) is 0 Å². The highest BCUT2D eigenvalue weighted by Gasteiger charge is 2.30. The molecule has 2 aromatic rings. The number of halogens is 4. The van der Waals surface area contributed by atoms with Gasteiger partial charge in [-0.15, -0.1) is 0 Å². The Morgan fingerprint density at radius 2 is 1.96 bits per heavy atom. The van der Waals surface area contributed by atoms with Crippen LogP contribution >= 0.6 is 11.6 Å². The molecule has 0 aliphatic heterocycles. The maximum atomic E-state index is 12.7. The largest absolute Gasteiger partial charge is 0.497 e. The first kappa shape index (κ1) is 17.9. The predicted molar refractivity (Wildman–Crippen MR) is 87.1 cm³/mol. The number of amides is 1. The van der Waals surface area contributed by atoms with E-state index in [2.05, 4.69) is 5.32 Å². The molecule has 0 aromatic heterocycles. The Morgan fingerprint density at radius 1 is 1.21 bits per heavy atom. The molecule has 0 aliphatic carbocycles. The number of hydrogen-bond acceptors (Lipinski definition) is 2. The van der Waals surface area contributed by atoms with Gasteiger partial charge < -0.3 is 10.1 Å². The standard InChI is InChI=1S/C17H13ClF3NO2/c1-24-14-4-2-3-13(10-14)22-16(23)8-5-11-9-12(17(19,20)21)6-7-15(11)18/h2-10H,1H3,(H,22,23)/b8-5+. The predicted octanol–water partition coefficient (Wildman–Crippen LogP) is 5.02. The van der Waals surface area contributed by atoms with Gasteiger partial charge in [-0.2, -0.15) is 13.2 Å². The summed E-state index contributed by atoms with van der Waals surface area (Å²) >= 11 is 5.86. The molecule has 0 spiro atoms. The molecular weight excluding hydrogens is 343 g/mol. The first-order valence-corrected chi connectivity index (χ1v) is 7.17. The highest BCUT2D eigenvalue weighted by atomic mass is 35.5. The van der Waals surface area contributed by atoms with Gasteiger partial charge in [-0.3, -0.25) is 4.79 Å². The van der Waals surface area contributed by atoms with E-state index in [9.17, 15) is 18.0 Å². The second-order valence-electron chi connectivity index (χ2n) is 4.79. The summed E-state index contributed by atoms with van der Waals surface area (Å²) in [5, 5.41) is 2.70. The average Bonchev–Trinajstić information content (AvgIpc) is 2.53. The lowest BCUT2D eigenvalue weighted by atomic mass is 10.1. The molecule has 1 amide bonds. The zero-order valence-corrected chi connectivity index (χ0v) is 13.3. The second kappa shape index (κ2) is 7.40. The first-order valence-electron chi connectivity index (χ1n) is 6.79. The third-order valence-electron chi connectivity index (χ3n) is 3.07. The third kappa shape index (κ3) is 4.76. The molecule has 0 bridgehead atoms. The van der Waals surface area contributed by atoms with Crippen LogP contribution in [0.15, 0.2) is 48.5 Å². The molecule has 24 heavy (non-hydrogen) atoms. The highest BCUT2D eigenvalue weighted by molar-refractivity contribution is 6.32. The topological polar surface area (TPSA) is 38.3 Å². The maximum Gasteiger partial charge on any atom is 0.416 e. The van der Waals surface area contributed by atoms with Crippen LogP contribution in [0.25, 0.3) is 6.08 Å². The summed E-state index contributed by atoms with van der Waals surface area (Å²) in [6, 6.07) is 9.60. The van der Waals surface area contributed by atoms with E-state index in [0.29, 0.717) is 11.4 Å². The number of anilines is 1. The van der Waals surface area contributed by atoms with Crippen molar-refractivity contribution in [3.05, 3.63) is 64.7 Å².